The van der Waals surface area contributed by atoms with Crippen LogP contribution in [0, 0.1) is 17.7 Å². The van der Waals surface area contributed by atoms with Gasteiger partial charge in [0, 0.05) is 13.1 Å². The van der Waals surface area contributed by atoms with Gasteiger partial charge in [0.1, 0.15) is 11.6 Å². The predicted molar refractivity (Wildman–Crippen MR) is 85.3 cm³/mol. The Morgan fingerprint density at radius 2 is 2.00 bits per heavy atom. The van der Waals surface area contributed by atoms with Gasteiger partial charge in [-0.1, -0.05) is 0 Å². The highest BCUT2D eigenvalue weighted by atomic mass is 79.9. The van der Waals surface area contributed by atoms with Gasteiger partial charge in [-0.15, -0.1) is 0 Å². The van der Waals surface area contributed by atoms with Gasteiger partial charge in [0.25, 0.3) is 5.91 Å². The van der Waals surface area contributed by atoms with Crippen LogP contribution in [0.2, 0.25) is 0 Å². The second kappa shape index (κ2) is 6.96. The first-order valence-electron chi connectivity index (χ1n) is 7.70. The third-order valence-corrected chi connectivity index (χ3v) is 5.24. The van der Waals surface area contributed by atoms with E-state index in [0.717, 1.165) is 39.0 Å². The third kappa shape index (κ3) is 3.60. The highest BCUT2D eigenvalue weighted by Crippen LogP contribution is 2.28. The first-order valence-corrected chi connectivity index (χ1v) is 8.49. The minimum atomic E-state index is -0.335. The van der Waals surface area contributed by atoms with Crippen molar-refractivity contribution in [2.45, 2.75) is 12.8 Å². The molecule has 1 aromatic rings. The van der Waals surface area contributed by atoms with E-state index < -0.39 is 0 Å². The van der Waals surface area contributed by atoms with Crippen molar-refractivity contribution in [2.24, 2.45) is 11.8 Å². The first-order chi connectivity index (χ1) is 10.6. The quantitative estimate of drug-likeness (QED) is 0.888. The Morgan fingerprint density at radius 3 is 2.64 bits per heavy atom. The van der Waals surface area contributed by atoms with Crippen LogP contribution in [-0.2, 0) is 4.79 Å². The molecule has 2 aliphatic rings. The lowest BCUT2D eigenvalue weighted by Crippen LogP contribution is -2.36. The molecule has 2 atom stereocenters. The highest BCUT2D eigenvalue weighted by molar-refractivity contribution is 9.10. The van der Waals surface area contributed by atoms with Crippen LogP contribution in [0.5, 0.6) is 5.75 Å². The lowest BCUT2D eigenvalue weighted by atomic mass is 9.92. The summed E-state index contributed by atoms with van der Waals surface area (Å²) in [6.45, 7) is 3.75. The fourth-order valence-corrected chi connectivity index (χ4v) is 3.76. The number of fused-ring (bicyclic) bond motifs is 1. The molecule has 1 amide bonds. The average molecular weight is 371 g/mol. The number of benzene rings is 1. The molecule has 22 heavy (non-hydrogen) atoms. The molecule has 2 heterocycles. The smallest absolute Gasteiger partial charge is 0.260 e. The zero-order valence-electron chi connectivity index (χ0n) is 12.4. The summed E-state index contributed by atoms with van der Waals surface area (Å²) in [5.41, 5.74) is 0. The van der Waals surface area contributed by atoms with Gasteiger partial charge < -0.3 is 15.0 Å². The molecule has 1 aromatic carbocycles. The monoisotopic (exact) mass is 370 g/mol. The number of carbonyl (C=O) groups excluding carboxylic acids is 1. The first kappa shape index (κ1) is 15.7. The van der Waals surface area contributed by atoms with Gasteiger partial charge in [-0.05, 0) is 71.9 Å². The third-order valence-electron chi connectivity index (χ3n) is 4.62. The molecule has 2 saturated heterocycles. The van der Waals surface area contributed by atoms with Crippen LogP contribution in [0.3, 0.4) is 0 Å². The summed E-state index contributed by atoms with van der Waals surface area (Å²) in [5.74, 6) is 1.56. The Labute approximate surface area is 138 Å². The van der Waals surface area contributed by atoms with Crippen molar-refractivity contribution in [1.82, 2.24) is 10.2 Å². The maximum atomic E-state index is 13.0. The standard InChI is InChI=1S/C16H20BrFN2O2/c17-14-7-13(18)1-2-15(14)22-10-16(21)20-5-3-11-8-19-9-12(11)4-6-20/h1-2,7,11-12,19H,3-6,8-10H2/t11-,12+. The normalized spacial score (nSPS) is 24.7. The van der Waals surface area contributed by atoms with Crippen molar-refractivity contribution in [2.75, 3.05) is 32.8 Å². The molecule has 0 bridgehead atoms. The molecule has 1 N–H and O–H groups in total. The molecule has 120 valence electrons. The minimum Gasteiger partial charge on any atom is -0.483 e. The van der Waals surface area contributed by atoms with Gasteiger partial charge in [-0.25, -0.2) is 4.39 Å². The van der Waals surface area contributed by atoms with Crippen LogP contribution < -0.4 is 10.1 Å². The van der Waals surface area contributed by atoms with E-state index in [-0.39, 0.29) is 18.3 Å². The van der Waals surface area contributed by atoms with E-state index in [1.165, 1.54) is 18.2 Å². The number of hydrogen-bond donors (Lipinski definition) is 1. The summed E-state index contributed by atoms with van der Waals surface area (Å²) in [6.07, 6.45) is 2.12. The number of halogens is 2. The Kier molecular flexibility index (Phi) is 4.98. The van der Waals surface area contributed by atoms with Crippen LogP contribution in [0.4, 0.5) is 4.39 Å². The van der Waals surface area contributed by atoms with E-state index in [4.69, 9.17) is 4.74 Å². The van der Waals surface area contributed by atoms with Crippen LogP contribution in [-0.4, -0.2) is 43.6 Å². The maximum Gasteiger partial charge on any atom is 0.260 e. The lowest BCUT2D eigenvalue weighted by Gasteiger charge is -2.21. The largest absolute Gasteiger partial charge is 0.483 e. The molecule has 6 heteroatoms. The maximum absolute atomic E-state index is 13.0. The van der Waals surface area contributed by atoms with E-state index in [9.17, 15) is 9.18 Å². The molecule has 0 radical (unpaired) electrons. The van der Waals surface area contributed by atoms with E-state index in [0.29, 0.717) is 22.1 Å². The number of nitrogens with zero attached hydrogens (tertiary/aromatic N) is 1. The number of nitrogens with one attached hydrogen (secondary N) is 1. The van der Waals surface area contributed by atoms with Crippen LogP contribution in [0.15, 0.2) is 22.7 Å². The van der Waals surface area contributed by atoms with Gasteiger partial charge in [-0.3, -0.25) is 4.79 Å². The summed E-state index contributed by atoms with van der Waals surface area (Å²) in [6, 6.07) is 4.19. The van der Waals surface area contributed by atoms with Gasteiger partial charge in [0.2, 0.25) is 0 Å². The van der Waals surface area contributed by atoms with Crippen LogP contribution >= 0.6 is 15.9 Å². The number of hydrogen-bond acceptors (Lipinski definition) is 3. The summed E-state index contributed by atoms with van der Waals surface area (Å²) in [7, 11) is 0. The zero-order chi connectivity index (χ0) is 15.5. The van der Waals surface area contributed by atoms with E-state index >= 15 is 0 Å². The van der Waals surface area contributed by atoms with E-state index in [1.54, 1.807) is 0 Å². The number of likely N-dealkylation sites (tertiary alicyclic amines) is 1. The minimum absolute atomic E-state index is 0.00217. The van der Waals surface area contributed by atoms with E-state index in [1.807, 2.05) is 4.90 Å². The average Bonchev–Trinajstić information content (AvgIpc) is 2.85. The molecular weight excluding hydrogens is 351 g/mol. The Balaban J connectivity index is 1.53. The molecule has 0 spiro atoms. The SMILES string of the molecule is O=C(COc1ccc(F)cc1Br)N1CC[C@@H]2CNC[C@@H]2CC1. The second-order valence-electron chi connectivity index (χ2n) is 6.00. The zero-order valence-corrected chi connectivity index (χ0v) is 13.9. The molecule has 3 rings (SSSR count). The highest BCUT2D eigenvalue weighted by Gasteiger charge is 2.31. The molecule has 2 fully saturated rings. The van der Waals surface area contributed by atoms with Gasteiger partial charge in [-0.2, -0.15) is 0 Å². The molecule has 4 nitrogen and oxygen atoms in total. The fraction of sp³-hybridized carbons (Fsp3) is 0.562. The molecular formula is C16H20BrFN2O2. The molecule has 2 aliphatic heterocycles. The Bertz CT molecular complexity index is 541. The summed E-state index contributed by atoms with van der Waals surface area (Å²) < 4.78 is 19.1. The Morgan fingerprint density at radius 1 is 1.32 bits per heavy atom. The summed E-state index contributed by atoms with van der Waals surface area (Å²) in [5, 5.41) is 3.43. The number of rotatable bonds is 3. The van der Waals surface area contributed by atoms with Crippen molar-refractivity contribution in [3.63, 3.8) is 0 Å². The number of amides is 1. The molecule has 0 saturated carbocycles. The van der Waals surface area contributed by atoms with Gasteiger partial charge >= 0.3 is 0 Å². The van der Waals surface area contributed by atoms with Crippen molar-refractivity contribution in [3.8, 4) is 5.75 Å². The van der Waals surface area contributed by atoms with Crippen molar-refractivity contribution in [3.05, 3.63) is 28.5 Å². The number of carbonyl (C=O) groups is 1. The fourth-order valence-electron chi connectivity index (χ4n) is 3.29. The topological polar surface area (TPSA) is 41.6 Å². The second-order valence-corrected chi connectivity index (χ2v) is 6.85. The molecule has 0 unspecified atom stereocenters. The number of ether oxygens (including phenoxy) is 1. The van der Waals surface area contributed by atoms with Crippen molar-refractivity contribution in [1.29, 1.82) is 0 Å². The van der Waals surface area contributed by atoms with Crippen molar-refractivity contribution >= 4 is 21.8 Å². The molecule has 0 aliphatic carbocycles. The summed E-state index contributed by atoms with van der Waals surface area (Å²) in [4.78, 5) is 14.2. The summed E-state index contributed by atoms with van der Waals surface area (Å²) >= 11 is 3.24. The van der Waals surface area contributed by atoms with E-state index in [2.05, 4.69) is 21.2 Å². The van der Waals surface area contributed by atoms with Gasteiger partial charge in [0.05, 0.1) is 4.47 Å². The van der Waals surface area contributed by atoms with Crippen molar-refractivity contribution < 1.29 is 13.9 Å². The lowest BCUT2D eigenvalue weighted by molar-refractivity contribution is -0.133. The predicted octanol–water partition coefficient (Wildman–Crippen LogP) is 2.43. The van der Waals surface area contributed by atoms with Crippen LogP contribution in [0.25, 0.3) is 0 Å². The Hall–Kier alpha value is -1.14. The van der Waals surface area contributed by atoms with Gasteiger partial charge in [0.15, 0.2) is 6.61 Å². The molecule has 0 aromatic heterocycles. The van der Waals surface area contributed by atoms with Crippen LogP contribution in [0.1, 0.15) is 12.8 Å².